The molecule has 32 heavy (non-hydrogen) atoms. The van der Waals surface area contributed by atoms with Crippen LogP contribution in [0.5, 0.6) is 0 Å². The molecule has 0 bridgehead atoms. The first kappa shape index (κ1) is 32.0. The van der Waals surface area contributed by atoms with Crippen molar-refractivity contribution in [3.05, 3.63) is 0 Å². The minimum absolute atomic E-state index is 1.04. The topological polar surface area (TPSA) is 0 Å². The Morgan fingerprint density at radius 3 is 0.656 bits per heavy atom. The van der Waals surface area contributed by atoms with Crippen molar-refractivity contribution in [2.45, 2.75) is 201 Å². The fraction of sp³-hybridized carbons (Fsp3) is 1.00. The van der Waals surface area contributed by atoms with Gasteiger partial charge in [0.2, 0.25) is 0 Å². The average Bonchev–Trinajstić information content (AvgIpc) is 2.80. The molecule has 0 saturated heterocycles. The van der Waals surface area contributed by atoms with Gasteiger partial charge in [0.05, 0.1) is 0 Å². The predicted octanol–water partition coefficient (Wildman–Crippen LogP) is 12.6. The lowest BCUT2D eigenvalue weighted by Gasteiger charge is -2.17. The Morgan fingerprint density at radius 2 is 0.438 bits per heavy atom. The molecule has 0 unspecified atom stereocenters. The fourth-order valence-electron chi connectivity index (χ4n) is 5.31. The van der Waals surface area contributed by atoms with Gasteiger partial charge in [0.1, 0.15) is 0 Å². The monoisotopic (exact) mass is 451 g/mol. The van der Waals surface area contributed by atoms with Crippen molar-refractivity contribution in [2.75, 3.05) is 0 Å². The van der Waals surface area contributed by atoms with Gasteiger partial charge in [-0.15, -0.1) is 0 Å². The summed E-state index contributed by atoms with van der Waals surface area (Å²) >= 11 is 0. The van der Waals surface area contributed by atoms with Gasteiger partial charge in [-0.05, 0) is 5.92 Å². The van der Waals surface area contributed by atoms with E-state index in [2.05, 4.69) is 20.8 Å². The second-order valence-electron chi connectivity index (χ2n) is 11.0. The molecule has 0 amide bonds. The van der Waals surface area contributed by atoms with Gasteiger partial charge in [0.25, 0.3) is 0 Å². The minimum atomic E-state index is 1.04. The zero-order valence-electron chi connectivity index (χ0n) is 23.4. The van der Waals surface area contributed by atoms with Crippen LogP contribution in [0.25, 0.3) is 0 Å². The van der Waals surface area contributed by atoms with E-state index in [1.807, 2.05) is 0 Å². The van der Waals surface area contributed by atoms with Crippen LogP contribution in [0.4, 0.5) is 0 Å². The third-order valence-corrected chi connectivity index (χ3v) is 7.65. The first-order valence-corrected chi connectivity index (χ1v) is 15.8. The third-order valence-electron chi connectivity index (χ3n) is 7.65. The Morgan fingerprint density at radius 1 is 0.250 bits per heavy atom. The summed E-state index contributed by atoms with van der Waals surface area (Å²) in [6.45, 7) is 6.96. The van der Waals surface area contributed by atoms with Crippen molar-refractivity contribution in [3.8, 4) is 0 Å². The molecule has 0 spiro atoms. The van der Waals surface area contributed by atoms with Gasteiger partial charge in [-0.2, -0.15) is 0 Å². The summed E-state index contributed by atoms with van der Waals surface area (Å²) < 4.78 is 0. The van der Waals surface area contributed by atoms with Crippen molar-refractivity contribution >= 4 is 0 Å². The molecule has 0 heteroatoms. The minimum Gasteiger partial charge on any atom is -0.0654 e. The van der Waals surface area contributed by atoms with E-state index in [0.717, 1.165) is 5.92 Å². The molecule has 0 N–H and O–H groups in total. The maximum atomic E-state index is 2.33. The Balaban J connectivity index is 3.73. The van der Waals surface area contributed by atoms with Crippen LogP contribution < -0.4 is 0 Å². The quantitative estimate of drug-likeness (QED) is 0.104. The van der Waals surface area contributed by atoms with Gasteiger partial charge in [-0.1, -0.05) is 201 Å². The molecular formula is C32H66. The summed E-state index contributed by atoms with van der Waals surface area (Å²) in [5.41, 5.74) is 0. The van der Waals surface area contributed by atoms with E-state index in [0.29, 0.717) is 0 Å². The zero-order chi connectivity index (χ0) is 23.4. The molecule has 0 aliphatic rings. The Bertz CT molecular complexity index is 307. The van der Waals surface area contributed by atoms with Gasteiger partial charge in [0, 0.05) is 0 Å². The molecule has 194 valence electrons. The molecule has 0 heterocycles. The second kappa shape index (κ2) is 29.0. The molecule has 0 aromatic heterocycles. The van der Waals surface area contributed by atoms with Crippen molar-refractivity contribution in [1.82, 2.24) is 0 Å². The molecule has 0 nitrogen and oxygen atoms in total. The smallest absolute Gasteiger partial charge is 0.0414 e. The summed E-state index contributed by atoms with van der Waals surface area (Å²) in [5.74, 6) is 1.04. The average molecular weight is 451 g/mol. The molecule has 0 aromatic carbocycles. The molecule has 1 atom stereocenters. The molecule has 0 fully saturated rings. The molecule has 0 aromatic rings. The number of rotatable bonds is 28. The SMILES string of the molecule is CCCCCCCCCCCCC[C@@H](CCCCCCC)CCCCCCCCCCC. The van der Waals surface area contributed by atoms with Crippen LogP contribution >= 0.6 is 0 Å². The standard InChI is InChI=1S/C32H66/c1-4-7-10-13-15-17-18-20-22-25-28-31-32(29-26-23-12-9-6-3)30-27-24-21-19-16-14-11-8-5-2/h32H,4-31H2,1-3H3/t32-/m0/s1. The lowest BCUT2D eigenvalue weighted by Crippen LogP contribution is -2.01. The van der Waals surface area contributed by atoms with E-state index in [9.17, 15) is 0 Å². The van der Waals surface area contributed by atoms with E-state index in [-0.39, 0.29) is 0 Å². The van der Waals surface area contributed by atoms with Gasteiger partial charge in [0.15, 0.2) is 0 Å². The molecule has 0 aliphatic carbocycles. The van der Waals surface area contributed by atoms with Gasteiger partial charge in [-0.25, -0.2) is 0 Å². The highest BCUT2D eigenvalue weighted by Gasteiger charge is 2.08. The largest absolute Gasteiger partial charge is 0.0654 e. The van der Waals surface area contributed by atoms with E-state index in [4.69, 9.17) is 0 Å². The van der Waals surface area contributed by atoms with Gasteiger partial charge >= 0.3 is 0 Å². The summed E-state index contributed by atoms with van der Waals surface area (Å²) in [5, 5.41) is 0. The van der Waals surface area contributed by atoms with E-state index >= 15 is 0 Å². The lowest BCUT2D eigenvalue weighted by molar-refractivity contribution is 0.365. The summed E-state index contributed by atoms with van der Waals surface area (Å²) in [4.78, 5) is 0. The van der Waals surface area contributed by atoms with Crippen LogP contribution in [-0.2, 0) is 0 Å². The lowest BCUT2D eigenvalue weighted by atomic mass is 9.89. The third kappa shape index (κ3) is 26.3. The van der Waals surface area contributed by atoms with Crippen LogP contribution in [0.2, 0.25) is 0 Å². The van der Waals surface area contributed by atoms with Crippen molar-refractivity contribution in [2.24, 2.45) is 5.92 Å². The number of hydrogen-bond donors (Lipinski definition) is 0. The van der Waals surface area contributed by atoms with E-state index in [1.54, 1.807) is 0 Å². The van der Waals surface area contributed by atoms with E-state index in [1.165, 1.54) is 180 Å². The summed E-state index contributed by atoms with van der Waals surface area (Å²) in [7, 11) is 0. The van der Waals surface area contributed by atoms with Crippen molar-refractivity contribution < 1.29 is 0 Å². The zero-order valence-corrected chi connectivity index (χ0v) is 23.4. The first-order chi connectivity index (χ1) is 15.8. The first-order valence-electron chi connectivity index (χ1n) is 15.8. The Labute approximate surface area is 206 Å². The van der Waals surface area contributed by atoms with Crippen LogP contribution in [-0.4, -0.2) is 0 Å². The molecule has 0 saturated carbocycles. The molecular weight excluding hydrogens is 384 g/mol. The van der Waals surface area contributed by atoms with Crippen molar-refractivity contribution in [3.63, 3.8) is 0 Å². The molecule has 0 rings (SSSR count). The normalized spacial score (nSPS) is 12.5. The molecule has 0 radical (unpaired) electrons. The number of hydrogen-bond acceptors (Lipinski definition) is 0. The Kier molecular flexibility index (Phi) is 29.0. The fourth-order valence-corrected chi connectivity index (χ4v) is 5.31. The van der Waals surface area contributed by atoms with Crippen molar-refractivity contribution in [1.29, 1.82) is 0 Å². The van der Waals surface area contributed by atoms with E-state index < -0.39 is 0 Å². The van der Waals surface area contributed by atoms with Gasteiger partial charge in [-0.3, -0.25) is 0 Å². The Hall–Kier alpha value is 0. The second-order valence-corrected chi connectivity index (χ2v) is 11.0. The highest BCUT2D eigenvalue weighted by atomic mass is 14.1. The number of unbranched alkanes of at least 4 members (excludes halogenated alkanes) is 22. The maximum absolute atomic E-state index is 2.33. The van der Waals surface area contributed by atoms with Crippen LogP contribution in [0.15, 0.2) is 0 Å². The highest BCUT2D eigenvalue weighted by Crippen LogP contribution is 2.25. The van der Waals surface area contributed by atoms with Crippen LogP contribution in [0.3, 0.4) is 0 Å². The predicted molar refractivity (Wildman–Crippen MR) is 150 cm³/mol. The molecule has 0 aliphatic heterocycles. The highest BCUT2D eigenvalue weighted by molar-refractivity contribution is 4.62. The summed E-state index contributed by atoms with van der Waals surface area (Å²) in [6.07, 6.45) is 41.3. The van der Waals surface area contributed by atoms with Crippen LogP contribution in [0.1, 0.15) is 201 Å². The van der Waals surface area contributed by atoms with Gasteiger partial charge < -0.3 is 0 Å². The summed E-state index contributed by atoms with van der Waals surface area (Å²) in [6, 6.07) is 0. The maximum Gasteiger partial charge on any atom is -0.0414 e. The van der Waals surface area contributed by atoms with Crippen LogP contribution in [0, 0.1) is 5.92 Å².